The Hall–Kier alpha value is -4.72. The van der Waals surface area contributed by atoms with Gasteiger partial charge in [-0.2, -0.15) is 4.98 Å². The van der Waals surface area contributed by atoms with Crippen molar-refractivity contribution in [1.82, 2.24) is 29.4 Å². The zero-order chi connectivity index (χ0) is 31.2. The molecule has 0 aromatic carbocycles. The number of sulfone groups is 1. The minimum Gasteiger partial charge on any atom is -0.397 e. The van der Waals surface area contributed by atoms with Gasteiger partial charge in [-0.1, -0.05) is 20.4 Å². The minimum absolute atomic E-state index is 0.0115. The lowest BCUT2D eigenvalue weighted by molar-refractivity contribution is -0.126. The summed E-state index contributed by atoms with van der Waals surface area (Å²) >= 11 is 0. The maximum absolute atomic E-state index is 15.9. The van der Waals surface area contributed by atoms with Crippen molar-refractivity contribution >= 4 is 38.3 Å². The zero-order valence-corrected chi connectivity index (χ0v) is 25.0. The van der Waals surface area contributed by atoms with E-state index in [0.717, 1.165) is 10.8 Å². The van der Waals surface area contributed by atoms with Crippen LogP contribution < -0.4 is 16.3 Å². The van der Waals surface area contributed by atoms with Crippen LogP contribution in [0, 0.1) is 5.82 Å². The van der Waals surface area contributed by atoms with Gasteiger partial charge in [0.05, 0.1) is 16.8 Å². The summed E-state index contributed by atoms with van der Waals surface area (Å²) in [7, 11) is -3.95. The van der Waals surface area contributed by atoms with Crippen LogP contribution in [-0.2, 0) is 14.6 Å². The van der Waals surface area contributed by atoms with E-state index < -0.39 is 21.3 Å². The summed E-state index contributed by atoms with van der Waals surface area (Å²) in [6.45, 7) is 10.0. The molecule has 1 saturated heterocycles. The number of aromatic nitrogens is 5. The standard InChI is InChI=1S/C29H31FN8O4S/c1-6-22(39)36-12-13-37(17(4)15-36)26-19-14-20(30)23(24-21(31)8-7-10-32-24)34-27(19)38(29(40)35-26)25-18(16(2)3)9-11-33-28(25)43(5,41)42/h6-11,14,16-17H,1,12-13,15,31H2,2-5H3/t17-/m0/s1. The predicted octanol–water partition coefficient (Wildman–Crippen LogP) is 2.71. The molecule has 2 N–H and O–H groups in total. The average Bonchev–Trinajstić information content (AvgIpc) is 2.96. The van der Waals surface area contributed by atoms with Crippen LogP contribution in [0.25, 0.3) is 28.1 Å². The molecule has 0 spiro atoms. The summed E-state index contributed by atoms with van der Waals surface area (Å²) in [5, 5.41) is -0.185. The summed E-state index contributed by atoms with van der Waals surface area (Å²) in [6.07, 6.45) is 5.04. The number of anilines is 2. The van der Waals surface area contributed by atoms with Gasteiger partial charge in [0, 0.05) is 44.3 Å². The van der Waals surface area contributed by atoms with E-state index in [2.05, 4.69) is 26.5 Å². The molecule has 1 amide bonds. The van der Waals surface area contributed by atoms with Crippen LogP contribution in [0.4, 0.5) is 15.9 Å². The molecule has 1 aliphatic heterocycles. The van der Waals surface area contributed by atoms with Crippen molar-refractivity contribution in [2.75, 3.05) is 36.5 Å². The highest BCUT2D eigenvalue weighted by molar-refractivity contribution is 7.90. The number of nitrogens with zero attached hydrogens (tertiary/aromatic N) is 7. The molecule has 4 aromatic heterocycles. The number of hydrogen-bond donors (Lipinski definition) is 1. The quantitative estimate of drug-likeness (QED) is 0.324. The van der Waals surface area contributed by atoms with Gasteiger partial charge in [0.1, 0.15) is 17.2 Å². The van der Waals surface area contributed by atoms with Crippen molar-refractivity contribution in [3.8, 4) is 17.1 Å². The van der Waals surface area contributed by atoms with Crippen molar-refractivity contribution in [2.45, 2.75) is 37.8 Å². The number of hydrogen-bond acceptors (Lipinski definition) is 10. The van der Waals surface area contributed by atoms with Crippen molar-refractivity contribution in [3.05, 3.63) is 71.2 Å². The maximum atomic E-state index is 15.9. The molecule has 0 radical (unpaired) electrons. The third-order valence-corrected chi connectivity index (χ3v) is 8.37. The lowest BCUT2D eigenvalue weighted by atomic mass is 10.0. The van der Waals surface area contributed by atoms with Gasteiger partial charge >= 0.3 is 5.69 Å². The molecule has 1 atom stereocenters. The molecule has 43 heavy (non-hydrogen) atoms. The number of rotatable bonds is 6. The Balaban J connectivity index is 1.88. The van der Waals surface area contributed by atoms with E-state index in [4.69, 9.17) is 5.73 Å². The zero-order valence-electron chi connectivity index (χ0n) is 24.2. The molecule has 0 aliphatic carbocycles. The van der Waals surface area contributed by atoms with Crippen molar-refractivity contribution in [2.24, 2.45) is 0 Å². The first-order valence-electron chi connectivity index (χ1n) is 13.5. The Morgan fingerprint density at radius 2 is 1.91 bits per heavy atom. The number of pyridine rings is 3. The normalized spacial score (nSPS) is 15.7. The second kappa shape index (κ2) is 11.2. The summed E-state index contributed by atoms with van der Waals surface area (Å²) in [5.41, 5.74) is 5.72. The summed E-state index contributed by atoms with van der Waals surface area (Å²) < 4.78 is 42.9. The Kier molecular flexibility index (Phi) is 7.73. The molecule has 0 bridgehead atoms. The van der Waals surface area contributed by atoms with Crippen molar-refractivity contribution < 1.29 is 17.6 Å². The van der Waals surface area contributed by atoms with E-state index in [9.17, 15) is 18.0 Å². The van der Waals surface area contributed by atoms with Crippen molar-refractivity contribution in [1.29, 1.82) is 0 Å². The van der Waals surface area contributed by atoms with E-state index in [-0.39, 0.29) is 62.5 Å². The van der Waals surface area contributed by atoms with Crippen LogP contribution in [0.5, 0.6) is 0 Å². The van der Waals surface area contributed by atoms with Crippen LogP contribution in [0.1, 0.15) is 32.3 Å². The summed E-state index contributed by atoms with van der Waals surface area (Å²) in [4.78, 5) is 47.0. The Morgan fingerprint density at radius 1 is 1.16 bits per heavy atom. The average molecular weight is 607 g/mol. The van der Waals surface area contributed by atoms with Crippen LogP contribution in [0.3, 0.4) is 0 Å². The Morgan fingerprint density at radius 3 is 2.53 bits per heavy atom. The second-order valence-electron chi connectivity index (χ2n) is 10.7. The summed E-state index contributed by atoms with van der Waals surface area (Å²) in [5.74, 6) is -1.08. The van der Waals surface area contributed by atoms with Crippen LogP contribution in [-0.4, -0.2) is 75.7 Å². The molecule has 5 heterocycles. The number of carbonyl (C=O) groups excluding carboxylic acids is 1. The van der Waals surface area contributed by atoms with Crippen LogP contribution in [0.2, 0.25) is 0 Å². The molecule has 1 aliphatic rings. The highest BCUT2D eigenvalue weighted by Gasteiger charge is 2.32. The monoisotopic (exact) mass is 606 g/mol. The first-order valence-corrected chi connectivity index (χ1v) is 15.4. The number of piperazine rings is 1. The van der Waals surface area contributed by atoms with E-state index in [1.165, 1.54) is 24.5 Å². The highest BCUT2D eigenvalue weighted by atomic mass is 32.2. The molecular weight excluding hydrogens is 575 g/mol. The lowest BCUT2D eigenvalue weighted by Gasteiger charge is -2.40. The Bertz CT molecular complexity index is 1940. The van der Waals surface area contributed by atoms with Gasteiger partial charge < -0.3 is 15.5 Å². The molecule has 0 saturated carbocycles. The number of nitrogen functional groups attached to an aromatic ring is 1. The third kappa shape index (κ3) is 5.33. The number of carbonyl (C=O) groups is 1. The van der Waals surface area contributed by atoms with E-state index in [1.807, 2.05) is 20.8 Å². The molecule has 4 aromatic rings. The molecule has 5 rings (SSSR count). The highest BCUT2D eigenvalue weighted by Crippen LogP contribution is 2.35. The first-order chi connectivity index (χ1) is 20.3. The minimum atomic E-state index is -3.95. The lowest BCUT2D eigenvalue weighted by Crippen LogP contribution is -2.54. The maximum Gasteiger partial charge on any atom is 0.355 e. The molecule has 14 heteroatoms. The third-order valence-electron chi connectivity index (χ3n) is 7.37. The van der Waals surface area contributed by atoms with Gasteiger partial charge in [-0.3, -0.25) is 9.78 Å². The van der Waals surface area contributed by atoms with Gasteiger partial charge in [0.15, 0.2) is 26.3 Å². The SMILES string of the molecule is C=CC(=O)N1CCN(c2nc(=O)n(-c3c(C(C)C)ccnc3S(C)(=O)=O)c3nc(-c4ncccc4N)c(F)cc23)[C@@H](C)C1. The smallest absolute Gasteiger partial charge is 0.355 e. The van der Waals surface area contributed by atoms with Gasteiger partial charge in [0.25, 0.3) is 0 Å². The molecule has 0 unspecified atom stereocenters. The van der Waals surface area contributed by atoms with Crippen LogP contribution >= 0.6 is 0 Å². The fourth-order valence-corrected chi connectivity index (χ4v) is 6.13. The number of amides is 1. The fraction of sp³-hybridized carbons (Fsp3) is 0.310. The molecular formula is C29H31FN8O4S. The molecule has 224 valence electrons. The van der Waals surface area contributed by atoms with Gasteiger partial charge in [-0.25, -0.2) is 32.1 Å². The second-order valence-corrected chi connectivity index (χ2v) is 12.6. The molecule has 12 nitrogen and oxygen atoms in total. The topological polar surface area (TPSA) is 157 Å². The van der Waals surface area contributed by atoms with E-state index >= 15 is 4.39 Å². The van der Waals surface area contributed by atoms with Gasteiger partial charge in [-0.05, 0) is 48.7 Å². The number of nitrogens with two attached hydrogens (primary N) is 1. The Labute approximate surface area is 247 Å². The van der Waals surface area contributed by atoms with Crippen molar-refractivity contribution in [3.63, 3.8) is 0 Å². The van der Waals surface area contributed by atoms with Gasteiger partial charge in [-0.15, -0.1) is 0 Å². The fourth-order valence-electron chi connectivity index (χ4n) is 5.32. The molecule has 1 fully saturated rings. The first kappa shape index (κ1) is 29.8. The van der Waals surface area contributed by atoms with E-state index in [0.29, 0.717) is 25.2 Å². The predicted molar refractivity (Wildman–Crippen MR) is 161 cm³/mol. The number of fused-ring (bicyclic) bond motifs is 1. The van der Waals surface area contributed by atoms with Gasteiger partial charge in [0.2, 0.25) is 5.91 Å². The van der Waals surface area contributed by atoms with Crippen LogP contribution in [0.15, 0.2) is 59.1 Å². The largest absolute Gasteiger partial charge is 0.397 e. The number of halogens is 1. The summed E-state index contributed by atoms with van der Waals surface area (Å²) in [6, 6.07) is 5.65. The van der Waals surface area contributed by atoms with E-state index in [1.54, 1.807) is 28.0 Å².